The second-order valence-corrected chi connectivity index (χ2v) is 4.98. The zero-order valence-corrected chi connectivity index (χ0v) is 11.7. The first-order valence-electron chi connectivity index (χ1n) is 6.95. The molecule has 1 fully saturated rings. The predicted octanol–water partition coefficient (Wildman–Crippen LogP) is 1.83. The number of nitrogens with one attached hydrogen (secondary N) is 1. The van der Waals surface area contributed by atoms with Crippen LogP contribution in [0.2, 0.25) is 0 Å². The van der Waals surface area contributed by atoms with Gasteiger partial charge in [-0.3, -0.25) is 0 Å². The van der Waals surface area contributed by atoms with Crippen molar-refractivity contribution in [3.63, 3.8) is 0 Å². The largest absolute Gasteiger partial charge is 0.368 e. The van der Waals surface area contributed by atoms with Gasteiger partial charge in [0.05, 0.1) is 0 Å². The van der Waals surface area contributed by atoms with Gasteiger partial charge in [0.1, 0.15) is 17.5 Å². The summed E-state index contributed by atoms with van der Waals surface area (Å²) < 4.78 is 13.0. The maximum atomic E-state index is 13.0. The Balaban J connectivity index is 1.65. The number of hydrazine groups is 1. The van der Waals surface area contributed by atoms with Gasteiger partial charge in [-0.2, -0.15) is 0 Å². The molecule has 2 heterocycles. The van der Waals surface area contributed by atoms with Crippen molar-refractivity contribution in [3.8, 4) is 0 Å². The highest BCUT2D eigenvalue weighted by Crippen LogP contribution is 2.20. The number of piperazine rings is 1. The lowest BCUT2D eigenvalue weighted by molar-refractivity contribution is 0.624. The number of halogens is 1. The average Bonchev–Trinajstić information content (AvgIpc) is 2.56. The quantitative estimate of drug-likeness (QED) is 0.666. The van der Waals surface area contributed by atoms with E-state index in [9.17, 15) is 4.39 Å². The molecule has 0 atom stereocenters. The molecule has 1 aromatic carbocycles. The topological polar surface area (TPSA) is 57.4 Å². The molecule has 1 aliphatic heterocycles. The van der Waals surface area contributed by atoms with Crippen LogP contribution in [0.3, 0.4) is 0 Å². The maximum Gasteiger partial charge on any atom is 0.142 e. The molecule has 0 amide bonds. The Morgan fingerprint density at radius 2 is 1.62 bits per heavy atom. The van der Waals surface area contributed by atoms with E-state index in [1.54, 1.807) is 0 Å². The normalized spacial score (nSPS) is 15.1. The molecular weight excluding hydrogens is 269 g/mol. The summed E-state index contributed by atoms with van der Waals surface area (Å²) in [6, 6.07) is 12.4. The van der Waals surface area contributed by atoms with Gasteiger partial charge in [0.25, 0.3) is 0 Å². The van der Waals surface area contributed by atoms with Crippen LogP contribution in [0.25, 0.3) is 0 Å². The zero-order valence-electron chi connectivity index (χ0n) is 11.7. The summed E-state index contributed by atoms with van der Waals surface area (Å²) in [6.07, 6.45) is 0. The fraction of sp³-hybridized carbons (Fsp3) is 0.267. The van der Waals surface area contributed by atoms with Gasteiger partial charge in [-0.25, -0.2) is 15.2 Å². The van der Waals surface area contributed by atoms with Crippen LogP contribution >= 0.6 is 0 Å². The molecule has 0 unspecified atom stereocenters. The molecule has 1 aromatic heterocycles. The fourth-order valence-corrected chi connectivity index (χ4v) is 2.53. The fourth-order valence-electron chi connectivity index (χ4n) is 2.53. The summed E-state index contributed by atoms with van der Waals surface area (Å²) in [6.45, 7) is 3.51. The number of anilines is 3. The van der Waals surface area contributed by atoms with Crippen LogP contribution in [-0.4, -0.2) is 31.2 Å². The standard InChI is InChI=1S/C15H18FN5/c16-12-4-6-13(7-5-12)20-8-10-21(11-9-20)15-3-1-2-14(18-15)19-17/h1-7H,8-11,17H2,(H,18,19). The number of rotatable bonds is 3. The minimum absolute atomic E-state index is 0.201. The van der Waals surface area contributed by atoms with E-state index in [0.29, 0.717) is 5.82 Å². The molecular formula is C15H18FN5. The Kier molecular flexibility index (Phi) is 3.87. The average molecular weight is 287 g/mol. The number of nitrogens with zero attached hydrogens (tertiary/aromatic N) is 3. The van der Waals surface area contributed by atoms with Crippen LogP contribution in [0.1, 0.15) is 0 Å². The molecule has 21 heavy (non-hydrogen) atoms. The van der Waals surface area contributed by atoms with E-state index in [-0.39, 0.29) is 5.82 Å². The van der Waals surface area contributed by atoms with Crippen molar-refractivity contribution in [2.45, 2.75) is 0 Å². The van der Waals surface area contributed by atoms with Crippen molar-refractivity contribution in [3.05, 3.63) is 48.3 Å². The smallest absolute Gasteiger partial charge is 0.142 e. The van der Waals surface area contributed by atoms with Crippen molar-refractivity contribution in [1.29, 1.82) is 0 Å². The summed E-state index contributed by atoms with van der Waals surface area (Å²) in [4.78, 5) is 8.92. The van der Waals surface area contributed by atoms with E-state index in [1.807, 2.05) is 30.3 Å². The van der Waals surface area contributed by atoms with E-state index < -0.39 is 0 Å². The molecule has 2 aromatic rings. The summed E-state index contributed by atoms with van der Waals surface area (Å²) in [5, 5.41) is 0. The highest BCUT2D eigenvalue weighted by molar-refractivity contribution is 5.51. The van der Waals surface area contributed by atoms with E-state index in [4.69, 9.17) is 5.84 Å². The third kappa shape index (κ3) is 3.05. The molecule has 0 saturated carbocycles. The molecule has 0 radical (unpaired) electrons. The van der Waals surface area contributed by atoms with Crippen LogP contribution < -0.4 is 21.1 Å². The number of benzene rings is 1. The summed E-state index contributed by atoms with van der Waals surface area (Å²) in [7, 11) is 0. The molecule has 110 valence electrons. The van der Waals surface area contributed by atoms with Gasteiger partial charge in [0, 0.05) is 31.9 Å². The van der Waals surface area contributed by atoms with Crippen LogP contribution in [0.15, 0.2) is 42.5 Å². The van der Waals surface area contributed by atoms with Crippen molar-refractivity contribution in [2.24, 2.45) is 5.84 Å². The molecule has 0 spiro atoms. The van der Waals surface area contributed by atoms with Crippen LogP contribution in [0.4, 0.5) is 21.7 Å². The van der Waals surface area contributed by atoms with Gasteiger partial charge in [-0.15, -0.1) is 0 Å². The highest BCUT2D eigenvalue weighted by atomic mass is 19.1. The predicted molar refractivity (Wildman–Crippen MR) is 82.9 cm³/mol. The second-order valence-electron chi connectivity index (χ2n) is 4.98. The Morgan fingerprint density at radius 1 is 0.952 bits per heavy atom. The van der Waals surface area contributed by atoms with Gasteiger partial charge in [-0.1, -0.05) is 6.07 Å². The van der Waals surface area contributed by atoms with Gasteiger partial charge < -0.3 is 15.2 Å². The number of hydrogen-bond acceptors (Lipinski definition) is 5. The van der Waals surface area contributed by atoms with Gasteiger partial charge in [-0.05, 0) is 36.4 Å². The molecule has 3 N–H and O–H groups in total. The number of nitrogen functional groups attached to an aromatic ring is 1. The minimum Gasteiger partial charge on any atom is -0.368 e. The Hall–Kier alpha value is -2.34. The number of hydrogen-bond donors (Lipinski definition) is 2. The molecule has 3 rings (SSSR count). The molecule has 6 heteroatoms. The third-order valence-electron chi connectivity index (χ3n) is 3.68. The first-order valence-corrected chi connectivity index (χ1v) is 6.95. The molecule has 1 saturated heterocycles. The number of aromatic nitrogens is 1. The highest BCUT2D eigenvalue weighted by Gasteiger charge is 2.18. The summed E-state index contributed by atoms with van der Waals surface area (Å²) >= 11 is 0. The van der Waals surface area contributed by atoms with Gasteiger partial charge in [0.2, 0.25) is 0 Å². The van der Waals surface area contributed by atoms with Crippen molar-refractivity contribution >= 4 is 17.3 Å². The van der Waals surface area contributed by atoms with Crippen molar-refractivity contribution < 1.29 is 4.39 Å². The number of pyridine rings is 1. The van der Waals surface area contributed by atoms with Gasteiger partial charge >= 0.3 is 0 Å². The Labute approximate surface area is 123 Å². The minimum atomic E-state index is -0.201. The summed E-state index contributed by atoms with van der Waals surface area (Å²) in [5.41, 5.74) is 3.62. The number of nitrogens with two attached hydrogens (primary N) is 1. The van der Waals surface area contributed by atoms with Gasteiger partial charge in [0.15, 0.2) is 0 Å². The molecule has 0 aliphatic carbocycles. The van der Waals surface area contributed by atoms with Crippen molar-refractivity contribution in [1.82, 2.24) is 4.98 Å². The lowest BCUT2D eigenvalue weighted by Gasteiger charge is -2.36. The first-order chi connectivity index (χ1) is 10.3. The monoisotopic (exact) mass is 287 g/mol. The third-order valence-corrected chi connectivity index (χ3v) is 3.68. The second kappa shape index (κ2) is 5.97. The van der Waals surface area contributed by atoms with E-state index in [2.05, 4.69) is 20.2 Å². The zero-order chi connectivity index (χ0) is 14.7. The van der Waals surface area contributed by atoms with E-state index in [0.717, 1.165) is 37.7 Å². The van der Waals surface area contributed by atoms with Crippen LogP contribution in [0, 0.1) is 5.82 Å². The molecule has 0 bridgehead atoms. The van der Waals surface area contributed by atoms with E-state index >= 15 is 0 Å². The van der Waals surface area contributed by atoms with Crippen LogP contribution in [-0.2, 0) is 0 Å². The SMILES string of the molecule is NNc1cccc(N2CCN(c3ccc(F)cc3)CC2)n1. The molecule has 5 nitrogen and oxygen atoms in total. The lowest BCUT2D eigenvalue weighted by Crippen LogP contribution is -2.46. The van der Waals surface area contributed by atoms with E-state index in [1.165, 1.54) is 12.1 Å². The molecule has 1 aliphatic rings. The van der Waals surface area contributed by atoms with Crippen molar-refractivity contribution in [2.75, 3.05) is 41.4 Å². The summed E-state index contributed by atoms with van der Waals surface area (Å²) in [5.74, 6) is 6.77. The van der Waals surface area contributed by atoms with Crippen LogP contribution in [0.5, 0.6) is 0 Å². The first kappa shape index (κ1) is 13.6. The lowest BCUT2D eigenvalue weighted by atomic mass is 10.2. The maximum absolute atomic E-state index is 13.0. The Bertz CT molecular complexity index is 593. The Morgan fingerprint density at radius 3 is 2.29 bits per heavy atom.